The number of nitrogens with one attached hydrogen (secondary N) is 1. The standard InChI is InChI=1S/C25H30N4O2/c1-4-31-25-23(27-21-14-17(2)18(3)15-22(21)28-25)24(30)26-20-10-12-29(13-11-20)16-19-8-6-5-7-9-19/h5-9,14-15,20H,4,10-13,16H2,1-3H3,(H,26,30). The zero-order valence-corrected chi connectivity index (χ0v) is 18.5. The second-order valence-electron chi connectivity index (χ2n) is 8.25. The fourth-order valence-electron chi connectivity index (χ4n) is 4.01. The van der Waals surface area contributed by atoms with E-state index in [1.54, 1.807) is 0 Å². The van der Waals surface area contributed by atoms with E-state index in [1.807, 2.05) is 39.0 Å². The Kier molecular flexibility index (Phi) is 6.47. The third-order valence-corrected chi connectivity index (χ3v) is 5.92. The lowest BCUT2D eigenvalue weighted by Crippen LogP contribution is -2.44. The van der Waals surface area contributed by atoms with Crippen LogP contribution in [0.1, 0.15) is 46.9 Å². The molecule has 0 unspecified atom stereocenters. The van der Waals surface area contributed by atoms with Crippen LogP contribution >= 0.6 is 0 Å². The van der Waals surface area contributed by atoms with Gasteiger partial charge in [-0.15, -0.1) is 0 Å². The van der Waals surface area contributed by atoms with E-state index in [0.717, 1.165) is 54.6 Å². The molecule has 1 aromatic heterocycles. The molecule has 6 heteroatoms. The molecule has 0 aliphatic carbocycles. The van der Waals surface area contributed by atoms with Crippen LogP contribution in [0.4, 0.5) is 0 Å². The Morgan fingerprint density at radius 3 is 2.35 bits per heavy atom. The van der Waals surface area contributed by atoms with E-state index < -0.39 is 0 Å². The largest absolute Gasteiger partial charge is 0.476 e. The Hall–Kier alpha value is -2.99. The quantitative estimate of drug-likeness (QED) is 0.654. The maximum atomic E-state index is 13.1. The zero-order chi connectivity index (χ0) is 21.8. The number of ether oxygens (including phenoxy) is 1. The number of nitrogens with zero attached hydrogens (tertiary/aromatic N) is 3. The zero-order valence-electron chi connectivity index (χ0n) is 18.5. The summed E-state index contributed by atoms with van der Waals surface area (Å²) in [5.41, 5.74) is 5.33. The van der Waals surface area contributed by atoms with Crippen molar-refractivity contribution in [2.24, 2.45) is 0 Å². The van der Waals surface area contributed by atoms with Crippen molar-refractivity contribution < 1.29 is 9.53 Å². The van der Waals surface area contributed by atoms with E-state index in [-0.39, 0.29) is 17.6 Å². The molecular formula is C25H30N4O2. The normalized spacial score (nSPS) is 15.2. The average Bonchev–Trinajstić information content (AvgIpc) is 2.77. The van der Waals surface area contributed by atoms with Gasteiger partial charge in [0.1, 0.15) is 0 Å². The van der Waals surface area contributed by atoms with Gasteiger partial charge in [0.25, 0.3) is 5.91 Å². The lowest BCUT2D eigenvalue weighted by atomic mass is 10.0. The molecule has 31 heavy (non-hydrogen) atoms. The molecule has 1 aliphatic heterocycles. The lowest BCUT2D eigenvalue weighted by Gasteiger charge is -2.32. The number of amides is 1. The Labute approximate surface area is 183 Å². The number of carbonyl (C=O) groups excluding carboxylic acids is 1. The smallest absolute Gasteiger partial charge is 0.275 e. The molecule has 162 valence electrons. The molecule has 0 radical (unpaired) electrons. The van der Waals surface area contributed by atoms with Crippen molar-refractivity contribution in [3.63, 3.8) is 0 Å². The number of aromatic nitrogens is 2. The molecular weight excluding hydrogens is 388 g/mol. The third-order valence-electron chi connectivity index (χ3n) is 5.92. The van der Waals surface area contributed by atoms with E-state index in [4.69, 9.17) is 4.74 Å². The number of hydrogen-bond acceptors (Lipinski definition) is 5. The number of benzene rings is 2. The summed E-state index contributed by atoms with van der Waals surface area (Å²) in [6.07, 6.45) is 1.84. The van der Waals surface area contributed by atoms with Gasteiger partial charge in [-0.3, -0.25) is 9.69 Å². The van der Waals surface area contributed by atoms with Gasteiger partial charge in [-0.2, -0.15) is 0 Å². The minimum absolute atomic E-state index is 0.131. The number of carbonyl (C=O) groups is 1. The van der Waals surface area contributed by atoms with Crippen molar-refractivity contribution in [1.29, 1.82) is 0 Å². The first-order chi connectivity index (χ1) is 15.0. The summed E-state index contributed by atoms with van der Waals surface area (Å²) in [5.74, 6) is 0.0925. The first-order valence-electron chi connectivity index (χ1n) is 11.0. The lowest BCUT2D eigenvalue weighted by molar-refractivity contribution is 0.0899. The minimum Gasteiger partial charge on any atom is -0.476 e. The van der Waals surface area contributed by atoms with Crippen LogP contribution in [0.25, 0.3) is 11.0 Å². The Morgan fingerprint density at radius 1 is 1.06 bits per heavy atom. The fraction of sp³-hybridized carbons (Fsp3) is 0.400. The summed E-state index contributed by atoms with van der Waals surface area (Å²) < 4.78 is 5.67. The van der Waals surface area contributed by atoms with Gasteiger partial charge in [0.15, 0.2) is 5.69 Å². The fourth-order valence-corrected chi connectivity index (χ4v) is 4.01. The number of aryl methyl sites for hydroxylation is 2. The maximum absolute atomic E-state index is 13.1. The van der Waals surface area contributed by atoms with E-state index in [1.165, 1.54) is 5.56 Å². The number of hydrogen-bond donors (Lipinski definition) is 1. The van der Waals surface area contributed by atoms with Crippen molar-refractivity contribution in [2.45, 2.75) is 46.2 Å². The number of rotatable bonds is 6. The molecule has 3 aromatic rings. The Bertz CT molecular complexity index is 1060. The Morgan fingerprint density at radius 2 is 1.71 bits per heavy atom. The van der Waals surface area contributed by atoms with Gasteiger partial charge in [0.2, 0.25) is 5.88 Å². The molecule has 0 atom stereocenters. The second-order valence-corrected chi connectivity index (χ2v) is 8.25. The molecule has 1 amide bonds. The van der Waals surface area contributed by atoms with Crippen LogP contribution in [0.5, 0.6) is 5.88 Å². The number of fused-ring (bicyclic) bond motifs is 1. The number of piperidine rings is 1. The molecule has 0 bridgehead atoms. The number of likely N-dealkylation sites (tertiary alicyclic amines) is 1. The van der Waals surface area contributed by atoms with Crippen LogP contribution in [-0.4, -0.2) is 46.5 Å². The highest BCUT2D eigenvalue weighted by atomic mass is 16.5. The first kappa shape index (κ1) is 21.2. The van der Waals surface area contributed by atoms with E-state index >= 15 is 0 Å². The highest BCUT2D eigenvalue weighted by Crippen LogP contribution is 2.23. The van der Waals surface area contributed by atoms with Gasteiger partial charge in [0, 0.05) is 25.7 Å². The van der Waals surface area contributed by atoms with Crippen LogP contribution in [0, 0.1) is 13.8 Å². The summed E-state index contributed by atoms with van der Waals surface area (Å²) in [4.78, 5) is 24.7. The van der Waals surface area contributed by atoms with Gasteiger partial charge >= 0.3 is 0 Å². The third kappa shape index (κ3) is 5.02. The van der Waals surface area contributed by atoms with Gasteiger partial charge in [-0.1, -0.05) is 30.3 Å². The van der Waals surface area contributed by atoms with Crippen LogP contribution in [0.2, 0.25) is 0 Å². The predicted molar refractivity (Wildman–Crippen MR) is 122 cm³/mol. The van der Waals surface area contributed by atoms with E-state index in [2.05, 4.69) is 44.5 Å². The van der Waals surface area contributed by atoms with Crippen LogP contribution in [-0.2, 0) is 6.54 Å². The molecule has 1 saturated heterocycles. The highest BCUT2D eigenvalue weighted by Gasteiger charge is 2.24. The summed E-state index contributed by atoms with van der Waals surface area (Å²) in [7, 11) is 0. The monoisotopic (exact) mass is 418 g/mol. The summed E-state index contributed by atoms with van der Waals surface area (Å²) in [5, 5.41) is 3.16. The SMILES string of the molecule is CCOc1nc2cc(C)c(C)cc2nc1C(=O)NC1CCN(Cc2ccccc2)CC1. The van der Waals surface area contributed by atoms with Gasteiger partial charge in [0.05, 0.1) is 17.6 Å². The van der Waals surface area contributed by atoms with E-state index in [9.17, 15) is 4.79 Å². The van der Waals surface area contributed by atoms with Crippen LogP contribution in [0.15, 0.2) is 42.5 Å². The average molecular weight is 419 g/mol. The van der Waals surface area contributed by atoms with Crippen molar-refractivity contribution in [2.75, 3.05) is 19.7 Å². The molecule has 4 rings (SSSR count). The Balaban J connectivity index is 1.44. The molecule has 6 nitrogen and oxygen atoms in total. The summed E-state index contributed by atoms with van der Waals surface area (Å²) in [6.45, 7) is 9.27. The molecule has 1 aliphatic rings. The predicted octanol–water partition coefficient (Wildman–Crippen LogP) is 4.04. The van der Waals surface area contributed by atoms with E-state index in [0.29, 0.717) is 12.5 Å². The molecule has 0 spiro atoms. The molecule has 1 fully saturated rings. The van der Waals surface area contributed by atoms with Gasteiger partial charge in [-0.25, -0.2) is 9.97 Å². The van der Waals surface area contributed by atoms with Gasteiger partial charge in [-0.05, 0) is 62.4 Å². The molecule has 0 saturated carbocycles. The van der Waals surface area contributed by atoms with Crippen LogP contribution < -0.4 is 10.1 Å². The van der Waals surface area contributed by atoms with Crippen molar-refractivity contribution in [3.8, 4) is 5.88 Å². The van der Waals surface area contributed by atoms with Crippen LogP contribution in [0.3, 0.4) is 0 Å². The second kappa shape index (κ2) is 9.43. The topological polar surface area (TPSA) is 67.3 Å². The summed E-state index contributed by atoms with van der Waals surface area (Å²) in [6, 6.07) is 14.6. The first-order valence-corrected chi connectivity index (χ1v) is 11.0. The molecule has 1 N–H and O–H groups in total. The summed E-state index contributed by atoms with van der Waals surface area (Å²) >= 11 is 0. The maximum Gasteiger partial charge on any atom is 0.275 e. The highest BCUT2D eigenvalue weighted by molar-refractivity contribution is 5.96. The van der Waals surface area contributed by atoms with Gasteiger partial charge < -0.3 is 10.1 Å². The molecule has 2 heterocycles. The van der Waals surface area contributed by atoms with Crippen molar-refractivity contribution in [1.82, 2.24) is 20.2 Å². The van der Waals surface area contributed by atoms with Crippen molar-refractivity contribution >= 4 is 16.9 Å². The van der Waals surface area contributed by atoms with Crippen molar-refractivity contribution in [3.05, 3.63) is 64.8 Å². The minimum atomic E-state index is -0.211. The molecule has 2 aromatic carbocycles.